The van der Waals surface area contributed by atoms with Crippen molar-refractivity contribution >= 4 is 17.3 Å². The summed E-state index contributed by atoms with van der Waals surface area (Å²) in [4.78, 5) is 13.5. The molecular weight excluding hydrogens is 237 g/mol. The van der Waals surface area contributed by atoms with Crippen LogP contribution in [0.3, 0.4) is 0 Å². The molecule has 0 atom stereocenters. The van der Waals surface area contributed by atoms with Crippen LogP contribution in [0.25, 0.3) is 0 Å². The number of aliphatic hydroxyl groups excluding tert-OH is 1. The van der Waals surface area contributed by atoms with E-state index in [0.29, 0.717) is 18.8 Å². The smallest absolute Gasteiger partial charge is 0.238 e. The zero-order chi connectivity index (χ0) is 13.5. The molecule has 5 nitrogen and oxygen atoms in total. The first-order chi connectivity index (χ1) is 8.56. The zero-order valence-electron chi connectivity index (χ0n) is 10.3. The second-order valence-electron chi connectivity index (χ2n) is 3.87. The highest BCUT2D eigenvalue weighted by Crippen LogP contribution is 2.18. The van der Waals surface area contributed by atoms with Crippen molar-refractivity contribution in [3.05, 3.63) is 24.0 Å². The number of amides is 1. The van der Waals surface area contributed by atoms with E-state index in [-0.39, 0.29) is 24.7 Å². The molecule has 1 rings (SSSR count). The van der Waals surface area contributed by atoms with E-state index in [2.05, 4.69) is 5.32 Å². The second kappa shape index (κ2) is 6.93. The molecule has 0 fully saturated rings. The minimum absolute atomic E-state index is 0.0107. The molecule has 0 radical (unpaired) electrons. The van der Waals surface area contributed by atoms with Crippen LogP contribution in [0.4, 0.5) is 15.8 Å². The Labute approximate surface area is 105 Å². The fraction of sp³-hybridized carbons (Fsp3) is 0.417. The molecule has 1 amide bonds. The summed E-state index contributed by atoms with van der Waals surface area (Å²) >= 11 is 0. The van der Waals surface area contributed by atoms with Crippen molar-refractivity contribution < 1.29 is 14.3 Å². The van der Waals surface area contributed by atoms with Crippen LogP contribution >= 0.6 is 0 Å². The van der Waals surface area contributed by atoms with Crippen molar-refractivity contribution in [1.29, 1.82) is 0 Å². The van der Waals surface area contributed by atoms with E-state index in [1.165, 1.54) is 18.2 Å². The summed E-state index contributed by atoms with van der Waals surface area (Å²) in [7, 11) is 0. The van der Waals surface area contributed by atoms with Crippen LogP contribution in [0.1, 0.15) is 6.92 Å². The Morgan fingerprint density at radius 3 is 2.89 bits per heavy atom. The minimum Gasteiger partial charge on any atom is -0.397 e. The van der Waals surface area contributed by atoms with Gasteiger partial charge in [-0.1, -0.05) is 6.92 Å². The van der Waals surface area contributed by atoms with Crippen molar-refractivity contribution in [1.82, 2.24) is 4.90 Å². The fourth-order valence-corrected chi connectivity index (χ4v) is 1.52. The van der Waals surface area contributed by atoms with Crippen molar-refractivity contribution in [2.75, 3.05) is 37.3 Å². The number of likely N-dealkylation sites (N-methyl/N-ethyl adjacent to an activating group) is 1. The number of rotatable bonds is 6. The molecule has 1 aromatic carbocycles. The van der Waals surface area contributed by atoms with Gasteiger partial charge in [-0.25, -0.2) is 4.39 Å². The van der Waals surface area contributed by atoms with Gasteiger partial charge in [0.1, 0.15) is 5.82 Å². The van der Waals surface area contributed by atoms with Crippen LogP contribution in [0.15, 0.2) is 18.2 Å². The molecule has 0 aliphatic carbocycles. The van der Waals surface area contributed by atoms with Crippen molar-refractivity contribution in [3.63, 3.8) is 0 Å². The standard InChI is InChI=1S/C12H18FN3O2/c1-2-16(5-6-17)8-12(18)15-11-7-9(13)3-4-10(11)14/h3-4,7,17H,2,5-6,8,14H2,1H3,(H,15,18). The summed E-state index contributed by atoms with van der Waals surface area (Å²) in [6.07, 6.45) is 0. The number of carbonyl (C=O) groups excluding carboxylic acids is 1. The summed E-state index contributed by atoms with van der Waals surface area (Å²) in [5.41, 5.74) is 6.20. The number of carbonyl (C=O) groups is 1. The minimum atomic E-state index is -0.456. The number of anilines is 2. The van der Waals surface area contributed by atoms with Crippen molar-refractivity contribution in [2.24, 2.45) is 0 Å². The van der Waals surface area contributed by atoms with Gasteiger partial charge in [-0.2, -0.15) is 0 Å². The molecule has 0 unspecified atom stereocenters. The van der Waals surface area contributed by atoms with Gasteiger partial charge in [-0.3, -0.25) is 9.69 Å². The van der Waals surface area contributed by atoms with Crippen LogP contribution in [0, 0.1) is 5.82 Å². The van der Waals surface area contributed by atoms with Gasteiger partial charge < -0.3 is 16.2 Å². The number of nitrogens with one attached hydrogen (secondary N) is 1. The number of nitrogens with zero attached hydrogens (tertiary/aromatic N) is 1. The molecule has 18 heavy (non-hydrogen) atoms. The number of hydrogen-bond donors (Lipinski definition) is 3. The molecule has 0 aromatic heterocycles. The summed E-state index contributed by atoms with van der Waals surface area (Å²) in [6.45, 7) is 3.07. The van der Waals surface area contributed by atoms with Crippen LogP contribution in [0.5, 0.6) is 0 Å². The second-order valence-corrected chi connectivity index (χ2v) is 3.87. The van der Waals surface area contributed by atoms with E-state index in [1.807, 2.05) is 6.92 Å². The average molecular weight is 255 g/mol. The molecule has 0 heterocycles. The Morgan fingerprint density at radius 1 is 1.56 bits per heavy atom. The lowest BCUT2D eigenvalue weighted by molar-refractivity contribution is -0.117. The first-order valence-corrected chi connectivity index (χ1v) is 5.75. The van der Waals surface area contributed by atoms with E-state index >= 15 is 0 Å². The highest BCUT2D eigenvalue weighted by Gasteiger charge is 2.10. The number of hydrogen-bond acceptors (Lipinski definition) is 4. The number of halogens is 1. The maximum absolute atomic E-state index is 13.0. The van der Waals surface area contributed by atoms with Crippen molar-refractivity contribution in [3.8, 4) is 0 Å². The third-order valence-corrected chi connectivity index (χ3v) is 2.52. The summed E-state index contributed by atoms with van der Waals surface area (Å²) in [6, 6.07) is 3.81. The molecule has 0 saturated heterocycles. The maximum atomic E-state index is 13.0. The molecule has 100 valence electrons. The Morgan fingerprint density at radius 2 is 2.28 bits per heavy atom. The third kappa shape index (κ3) is 4.31. The third-order valence-electron chi connectivity index (χ3n) is 2.52. The molecule has 0 aliphatic heterocycles. The normalized spacial score (nSPS) is 10.7. The van der Waals surface area contributed by atoms with E-state index in [1.54, 1.807) is 4.90 Å². The van der Waals surface area contributed by atoms with Gasteiger partial charge in [0.2, 0.25) is 5.91 Å². The molecule has 1 aromatic rings. The fourth-order valence-electron chi connectivity index (χ4n) is 1.52. The lowest BCUT2D eigenvalue weighted by Crippen LogP contribution is -2.35. The van der Waals surface area contributed by atoms with E-state index < -0.39 is 5.82 Å². The van der Waals surface area contributed by atoms with Crippen LogP contribution in [0.2, 0.25) is 0 Å². The van der Waals surface area contributed by atoms with E-state index in [9.17, 15) is 9.18 Å². The highest BCUT2D eigenvalue weighted by molar-refractivity contribution is 5.95. The monoisotopic (exact) mass is 255 g/mol. The van der Waals surface area contributed by atoms with Crippen LogP contribution < -0.4 is 11.1 Å². The van der Waals surface area contributed by atoms with Gasteiger partial charge >= 0.3 is 0 Å². The molecule has 0 spiro atoms. The predicted molar refractivity (Wildman–Crippen MR) is 68.6 cm³/mol. The topological polar surface area (TPSA) is 78.6 Å². The lowest BCUT2D eigenvalue weighted by Gasteiger charge is -2.18. The zero-order valence-corrected chi connectivity index (χ0v) is 10.3. The first-order valence-electron chi connectivity index (χ1n) is 5.75. The van der Waals surface area contributed by atoms with Gasteiger partial charge in [0, 0.05) is 6.54 Å². The Balaban J connectivity index is 2.61. The molecule has 0 bridgehead atoms. The SMILES string of the molecule is CCN(CCO)CC(=O)Nc1cc(F)ccc1N. The average Bonchev–Trinajstić information content (AvgIpc) is 2.33. The number of benzene rings is 1. The predicted octanol–water partition coefficient (Wildman–Crippen LogP) is 0.661. The van der Waals surface area contributed by atoms with Gasteiger partial charge in [-0.05, 0) is 24.7 Å². The number of nitrogen functional groups attached to an aromatic ring is 1. The Kier molecular flexibility index (Phi) is 5.54. The van der Waals surface area contributed by atoms with Gasteiger partial charge in [-0.15, -0.1) is 0 Å². The number of nitrogens with two attached hydrogens (primary N) is 1. The van der Waals surface area contributed by atoms with Crippen LogP contribution in [-0.4, -0.2) is 42.2 Å². The highest BCUT2D eigenvalue weighted by atomic mass is 19.1. The summed E-state index contributed by atoms with van der Waals surface area (Å²) in [5, 5.41) is 11.4. The summed E-state index contributed by atoms with van der Waals surface area (Å²) in [5.74, 6) is -0.746. The van der Waals surface area contributed by atoms with E-state index in [0.717, 1.165) is 0 Å². The van der Waals surface area contributed by atoms with Gasteiger partial charge in [0.25, 0.3) is 0 Å². The van der Waals surface area contributed by atoms with E-state index in [4.69, 9.17) is 10.8 Å². The van der Waals surface area contributed by atoms with Crippen molar-refractivity contribution in [2.45, 2.75) is 6.92 Å². The molecule has 4 N–H and O–H groups in total. The van der Waals surface area contributed by atoms with Crippen LogP contribution in [-0.2, 0) is 4.79 Å². The molecular formula is C12H18FN3O2. The Bertz CT molecular complexity index is 412. The maximum Gasteiger partial charge on any atom is 0.238 e. The molecule has 0 saturated carbocycles. The molecule has 0 aliphatic rings. The summed E-state index contributed by atoms with van der Waals surface area (Å²) < 4.78 is 13.0. The number of aliphatic hydroxyl groups is 1. The van der Waals surface area contributed by atoms with Gasteiger partial charge in [0.05, 0.1) is 24.5 Å². The Hall–Kier alpha value is -1.66. The molecule has 6 heteroatoms. The quantitative estimate of drug-likeness (QED) is 0.652. The van der Waals surface area contributed by atoms with Gasteiger partial charge in [0.15, 0.2) is 0 Å². The lowest BCUT2D eigenvalue weighted by atomic mass is 10.2. The first kappa shape index (κ1) is 14.4. The largest absolute Gasteiger partial charge is 0.397 e.